The Bertz CT molecular complexity index is 284. The second-order valence-corrected chi connectivity index (χ2v) is 4.82. The van der Waals surface area contributed by atoms with Crippen LogP contribution in [-0.2, 0) is 0 Å². The van der Waals surface area contributed by atoms with Crippen molar-refractivity contribution in [3.05, 3.63) is 29.3 Å². The van der Waals surface area contributed by atoms with Gasteiger partial charge in [-0.05, 0) is 42.9 Å². The highest BCUT2D eigenvalue weighted by molar-refractivity contribution is 7.99. The Balaban J connectivity index is 2.39. The van der Waals surface area contributed by atoms with E-state index in [1.807, 2.05) is 11.8 Å². The zero-order valence-electron chi connectivity index (χ0n) is 9.26. The highest BCUT2D eigenvalue weighted by Crippen LogP contribution is 2.14. The first-order valence-corrected chi connectivity index (χ1v) is 6.28. The van der Waals surface area contributed by atoms with Crippen LogP contribution in [0.5, 0.6) is 0 Å². The minimum atomic E-state index is 1.06. The molecule has 1 aromatic carbocycles. The van der Waals surface area contributed by atoms with Crippen LogP contribution in [0.2, 0.25) is 0 Å². The van der Waals surface area contributed by atoms with Gasteiger partial charge in [0.1, 0.15) is 0 Å². The molecule has 0 aliphatic rings. The van der Waals surface area contributed by atoms with Gasteiger partial charge in [0.15, 0.2) is 0 Å². The van der Waals surface area contributed by atoms with E-state index in [0.29, 0.717) is 0 Å². The summed E-state index contributed by atoms with van der Waals surface area (Å²) in [6.45, 7) is 7.55. The van der Waals surface area contributed by atoms with Crippen LogP contribution in [0.3, 0.4) is 0 Å². The summed E-state index contributed by atoms with van der Waals surface area (Å²) in [6.07, 6.45) is 0. The van der Waals surface area contributed by atoms with Gasteiger partial charge in [0, 0.05) is 18.0 Å². The van der Waals surface area contributed by atoms with Crippen molar-refractivity contribution in [2.24, 2.45) is 0 Å². The molecule has 1 aromatic rings. The van der Waals surface area contributed by atoms with Gasteiger partial charge in [0.25, 0.3) is 0 Å². The molecular formula is C12H19NS. The summed E-state index contributed by atoms with van der Waals surface area (Å²) >= 11 is 1.97. The van der Waals surface area contributed by atoms with Crippen LogP contribution < -0.4 is 5.32 Å². The lowest BCUT2D eigenvalue weighted by Gasteiger charge is -2.07. The number of hydrogen-bond acceptors (Lipinski definition) is 2. The number of anilines is 1. The summed E-state index contributed by atoms with van der Waals surface area (Å²) in [5, 5.41) is 3.43. The fourth-order valence-corrected chi connectivity index (χ4v) is 1.80. The molecule has 0 unspecified atom stereocenters. The molecule has 0 amide bonds. The molecule has 0 heterocycles. The summed E-state index contributed by atoms with van der Waals surface area (Å²) in [4.78, 5) is 0. The molecule has 0 aromatic heterocycles. The Hall–Kier alpha value is -0.630. The second-order valence-electron chi connectivity index (χ2n) is 3.42. The van der Waals surface area contributed by atoms with E-state index in [9.17, 15) is 0 Å². The lowest BCUT2D eigenvalue weighted by Crippen LogP contribution is -2.04. The molecule has 1 nitrogen and oxygen atoms in total. The van der Waals surface area contributed by atoms with Gasteiger partial charge in [-0.2, -0.15) is 11.8 Å². The average molecular weight is 209 g/mol. The highest BCUT2D eigenvalue weighted by atomic mass is 32.2. The minimum Gasteiger partial charge on any atom is -0.384 e. The second kappa shape index (κ2) is 5.97. The maximum absolute atomic E-state index is 3.43. The van der Waals surface area contributed by atoms with Gasteiger partial charge >= 0.3 is 0 Å². The van der Waals surface area contributed by atoms with Crippen molar-refractivity contribution < 1.29 is 0 Å². The Kier molecular flexibility index (Phi) is 4.88. The number of hydrogen-bond donors (Lipinski definition) is 1. The van der Waals surface area contributed by atoms with Crippen molar-refractivity contribution in [2.75, 3.05) is 23.4 Å². The Labute approximate surface area is 91.3 Å². The molecule has 0 bridgehead atoms. The molecule has 0 spiro atoms. The van der Waals surface area contributed by atoms with Crippen LogP contribution in [0.15, 0.2) is 18.2 Å². The molecule has 0 atom stereocenters. The third-order valence-corrected chi connectivity index (χ3v) is 3.19. The molecule has 0 aliphatic carbocycles. The van der Waals surface area contributed by atoms with Crippen molar-refractivity contribution in [1.82, 2.24) is 0 Å². The van der Waals surface area contributed by atoms with Gasteiger partial charge in [-0.15, -0.1) is 0 Å². The maximum Gasteiger partial charge on any atom is 0.0343 e. The van der Waals surface area contributed by atoms with E-state index >= 15 is 0 Å². The Morgan fingerprint density at radius 2 is 2.00 bits per heavy atom. The van der Waals surface area contributed by atoms with Crippen LogP contribution in [0, 0.1) is 13.8 Å². The zero-order valence-corrected chi connectivity index (χ0v) is 10.1. The van der Waals surface area contributed by atoms with Gasteiger partial charge in [0.2, 0.25) is 0 Å². The number of thioether (sulfide) groups is 1. The maximum atomic E-state index is 3.43. The van der Waals surface area contributed by atoms with Crippen LogP contribution in [0.4, 0.5) is 5.69 Å². The number of rotatable bonds is 5. The first-order chi connectivity index (χ1) is 6.74. The monoisotopic (exact) mass is 209 g/mol. The molecule has 0 saturated heterocycles. The third-order valence-electron chi connectivity index (χ3n) is 2.29. The molecule has 0 saturated carbocycles. The van der Waals surface area contributed by atoms with Gasteiger partial charge < -0.3 is 5.32 Å². The quantitative estimate of drug-likeness (QED) is 0.745. The van der Waals surface area contributed by atoms with Gasteiger partial charge in [-0.1, -0.05) is 13.0 Å². The van der Waals surface area contributed by atoms with Crippen LogP contribution in [0.1, 0.15) is 18.1 Å². The summed E-state index contributed by atoms with van der Waals surface area (Å²) in [5.41, 5.74) is 3.96. The molecule has 14 heavy (non-hydrogen) atoms. The zero-order chi connectivity index (χ0) is 10.4. The number of nitrogens with one attached hydrogen (secondary N) is 1. The summed E-state index contributed by atoms with van der Waals surface area (Å²) < 4.78 is 0. The van der Waals surface area contributed by atoms with Crippen LogP contribution in [-0.4, -0.2) is 18.1 Å². The number of aryl methyl sites for hydroxylation is 2. The fraction of sp³-hybridized carbons (Fsp3) is 0.500. The average Bonchev–Trinajstić information content (AvgIpc) is 2.18. The van der Waals surface area contributed by atoms with Crippen molar-refractivity contribution in [2.45, 2.75) is 20.8 Å². The molecule has 0 fully saturated rings. The van der Waals surface area contributed by atoms with E-state index < -0.39 is 0 Å². The molecule has 0 aliphatic heterocycles. The van der Waals surface area contributed by atoms with Crippen molar-refractivity contribution in [3.8, 4) is 0 Å². The van der Waals surface area contributed by atoms with Gasteiger partial charge in [-0.25, -0.2) is 0 Å². The van der Waals surface area contributed by atoms with Crippen molar-refractivity contribution >= 4 is 17.4 Å². The van der Waals surface area contributed by atoms with E-state index in [0.717, 1.165) is 6.54 Å². The summed E-state index contributed by atoms with van der Waals surface area (Å²) in [6, 6.07) is 6.54. The van der Waals surface area contributed by atoms with E-state index in [2.05, 4.69) is 44.3 Å². The van der Waals surface area contributed by atoms with Gasteiger partial charge in [-0.3, -0.25) is 0 Å². The predicted molar refractivity (Wildman–Crippen MR) is 67.4 cm³/mol. The largest absolute Gasteiger partial charge is 0.384 e. The van der Waals surface area contributed by atoms with Crippen LogP contribution in [0.25, 0.3) is 0 Å². The lowest BCUT2D eigenvalue weighted by atomic mass is 10.1. The van der Waals surface area contributed by atoms with Gasteiger partial charge in [0.05, 0.1) is 0 Å². The van der Waals surface area contributed by atoms with E-state index in [4.69, 9.17) is 0 Å². The first-order valence-electron chi connectivity index (χ1n) is 5.13. The van der Waals surface area contributed by atoms with E-state index in [-0.39, 0.29) is 0 Å². The smallest absolute Gasteiger partial charge is 0.0343 e. The van der Waals surface area contributed by atoms with E-state index in [1.54, 1.807) is 0 Å². The Morgan fingerprint density at radius 3 is 2.64 bits per heavy atom. The predicted octanol–water partition coefficient (Wildman–Crippen LogP) is 3.47. The third kappa shape index (κ3) is 3.62. The molecule has 2 heteroatoms. The topological polar surface area (TPSA) is 12.0 Å². The fourth-order valence-electron chi connectivity index (χ4n) is 1.26. The lowest BCUT2D eigenvalue weighted by molar-refractivity contribution is 1.21. The molecular weight excluding hydrogens is 190 g/mol. The standard InChI is InChI=1S/C12H19NS/c1-4-14-8-7-13-12-6-5-10(2)11(3)9-12/h5-6,9,13H,4,7-8H2,1-3H3. The number of benzene rings is 1. The van der Waals surface area contributed by atoms with Crippen molar-refractivity contribution in [1.29, 1.82) is 0 Å². The van der Waals surface area contributed by atoms with Crippen LogP contribution >= 0.6 is 11.8 Å². The summed E-state index contributed by atoms with van der Waals surface area (Å²) in [7, 11) is 0. The molecule has 1 rings (SSSR count). The molecule has 1 N–H and O–H groups in total. The minimum absolute atomic E-state index is 1.06. The first kappa shape index (κ1) is 11.4. The SMILES string of the molecule is CCSCCNc1ccc(C)c(C)c1. The highest BCUT2D eigenvalue weighted by Gasteiger charge is 1.94. The summed E-state index contributed by atoms with van der Waals surface area (Å²) in [5.74, 6) is 2.39. The van der Waals surface area contributed by atoms with E-state index in [1.165, 1.54) is 28.3 Å². The molecule has 0 radical (unpaired) electrons. The Morgan fingerprint density at radius 1 is 1.21 bits per heavy atom. The molecule has 78 valence electrons. The van der Waals surface area contributed by atoms with Crippen molar-refractivity contribution in [3.63, 3.8) is 0 Å². The normalized spacial score (nSPS) is 10.2.